The molecule has 2 heterocycles. The van der Waals surface area contributed by atoms with Crippen LogP contribution in [0.5, 0.6) is 11.5 Å². The van der Waals surface area contributed by atoms with Crippen molar-refractivity contribution in [1.82, 2.24) is 4.98 Å². The fraction of sp³-hybridized carbons (Fsp3) is 0.0800. The Bertz CT molecular complexity index is 1550. The van der Waals surface area contributed by atoms with Crippen LogP contribution in [0, 0.1) is 11.6 Å². The maximum absolute atomic E-state index is 13.8. The number of nitrogens with zero attached hydrogens (tertiary/aromatic N) is 2. The molecule has 11 heteroatoms. The first kappa shape index (κ1) is 23.7. The molecule has 0 aliphatic carbocycles. The van der Waals surface area contributed by atoms with Gasteiger partial charge < -0.3 is 14.9 Å². The highest BCUT2D eigenvalue weighted by atomic mass is 35.5. The van der Waals surface area contributed by atoms with Crippen LogP contribution in [-0.4, -0.2) is 34.0 Å². The van der Waals surface area contributed by atoms with E-state index in [-0.39, 0.29) is 37.3 Å². The third-order valence-electron chi connectivity index (χ3n) is 5.71. The van der Waals surface area contributed by atoms with Gasteiger partial charge in [0.25, 0.3) is 5.78 Å². The van der Waals surface area contributed by atoms with Crippen molar-refractivity contribution in [2.45, 2.75) is 6.04 Å². The van der Waals surface area contributed by atoms with Gasteiger partial charge in [-0.3, -0.25) is 14.5 Å². The van der Waals surface area contributed by atoms with Gasteiger partial charge in [0.05, 0.1) is 34.0 Å². The van der Waals surface area contributed by atoms with E-state index in [4.69, 9.17) is 16.3 Å². The molecule has 3 aromatic carbocycles. The first-order valence-corrected chi connectivity index (χ1v) is 11.6. The second-order valence-corrected chi connectivity index (χ2v) is 9.25. The summed E-state index contributed by atoms with van der Waals surface area (Å²) in [5, 5.41) is 21.1. The van der Waals surface area contributed by atoms with Crippen LogP contribution in [0.2, 0.25) is 5.02 Å². The van der Waals surface area contributed by atoms with Crippen LogP contribution in [0.4, 0.5) is 13.9 Å². The van der Waals surface area contributed by atoms with E-state index in [1.807, 2.05) is 0 Å². The van der Waals surface area contributed by atoms with Crippen LogP contribution in [0.3, 0.4) is 0 Å². The topological polar surface area (TPSA) is 100.0 Å². The van der Waals surface area contributed by atoms with Gasteiger partial charge in [0.2, 0.25) is 0 Å². The highest BCUT2D eigenvalue weighted by Gasteiger charge is 2.48. The number of hydrogen-bond acceptors (Lipinski definition) is 7. The van der Waals surface area contributed by atoms with E-state index in [0.29, 0.717) is 11.3 Å². The van der Waals surface area contributed by atoms with Crippen molar-refractivity contribution in [3.8, 4) is 11.5 Å². The Morgan fingerprint density at radius 2 is 1.78 bits per heavy atom. The van der Waals surface area contributed by atoms with Gasteiger partial charge >= 0.3 is 5.91 Å². The number of hydrogen-bond donors (Lipinski definition) is 2. The number of aromatic nitrogens is 1. The Labute approximate surface area is 211 Å². The van der Waals surface area contributed by atoms with E-state index < -0.39 is 35.1 Å². The Morgan fingerprint density at radius 3 is 2.47 bits per heavy atom. The number of Topliss-reactive ketones (excluding diaryl/α,β-unsaturated/α-hetero) is 1. The van der Waals surface area contributed by atoms with Gasteiger partial charge in [-0.1, -0.05) is 35.1 Å². The molecule has 0 radical (unpaired) electrons. The molecule has 1 amide bonds. The molecule has 7 nitrogen and oxygen atoms in total. The molecule has 2 N–H and O–H groups in total. The van der Waals surface area contributed by atoms with E-state index in [1.54, 1.807) is 6.07 Å². The van der Waals surface area contributed by atoms with Crippen molar-refractivity contribution in [3.63, 3.8) is 0 Å². The van der Waals surface area contributed by atoms with Crippen LogP contribution in [0.1, 0.15) is 17.2 Å². The van der Waals surface area contributed by atoms with Gasteiger partial charge in [0.1, 0.15) is 17.3 Å². The molecule has 5 rings (SSSR count). The summed E-state index contributed by atoms with van der Waals surface area (Å²) >= 11 is 7.17. The van der Waals surface area contributed by atoms with Gasteiger partial charge in [-0.2, -0.15) is 0 Å². The highest BCUT2D eigenvalue weighted by Crippen LogP contribution is 2.45. The summed E-state index contributed by atoms with van der Waals surface area (Å²) in [6.07, 6.45) is 0. The van der Waals surface area contributed by atoms with Crippen molar-refractivity contribution in [2.24, 2.45) is 0 Å². The molecule has 1 aliphatic heterocycles. The molecule has 1 atom stereocenters. The highest BCUT2D eigenvalue weighted by molar-refractivity contribution is 7.22. The quantitative estimate of drug-likeness (QED) is 0.204. The number of aromatic hydroxyl groups is 1. The van der Waals surface area contributed by atoms with Crippen molar-refractivity contribution in [2.75, 3.05) is 12.0 Å². The molecular formula is C25H15ClF2N2O5S. The fourth-order valence-electron chi connectivity index (χ4n) is 3.97. The van der Waals surface area contributed by atoms with Gasteiger partial charge in [0.15, 0.2) is 16.8 Å². The number of aliphatic hydroxyl groups excluding tert-OH is 1. The number of methoxy groups -OCH3 is 1. The zero-order valence-corrected chi connectivity index (χ0v) is 19.9. The second-order valence-electron chi connectivity index (χ2n) is 7.84. The Morgan fingerprint density at radius 1 is 1.08 bits per heavy atom. The molecule has 4 aromatic rings. The molecule has 1 saturated heterocycles. The van der Waals surface area contributed by atoms with E-state index >= 15 is 0 Å². The predicted octanol–water partition coefficient (Wildman–Crippen LogP) is 5.57. The number of benzene rings is 3. The van der Waals surface area contributed by atoms with Gasteiger partial charge in [-0.25, -0.2) is 13.8 Å². The SMILES string of the molecule is COc1ccc(Cl)c(/C(O)=C2\C(=O)C(=O)N(c3nc4cc(F)c(F)cc4s3)C2c2ccc(O)cc2)c1. The minimum atomic E-state index is -1.18. The van der Waals surface area contributed by atoms with Crippen molar-refractivity contribution >= 4 is 55.7 Å². The van der Waals surface area contributed by atoms with E-state index in [9.17, 15) is 28.6 Å². The number of amides is 1. The first-order chi connectivity index (χ1) is 17.2. The summed E-state index contributed by atoms with van der Waals surface area (Å²) in [6.45, 7) is 0. The van der Waals surface area contributed by atoms with Crippen LogP contribution < -0.4 is 9.64 Å². The molecule has 182 valence electrons. The normalized spacial score (nSPS) is 17.2. The number of halogens is 3. The molecule has 1 aromatic heterocycles. The lowest BCUT2D eigenvalue weighted by Gasteiger charge is -2.23. The summed E-state index contributed by atoms with van der Waals surface area (Å²) in [6, 6.07) is 10.8. The monoisotopic (exact) mass is 528 g/mol. The smallest absolute Gasteiger partial charge is 0.301 e. The molecule has 0 bridgehead atoms. The maximum atomic E-state index is 13.8. The largest absolute Gasteiger partial charge is 0.508 e. The van der Waals surface area contributed by atoms with Crippen molar-refractivity contribution in [3.05, 3.63) is 88.0 Å². The zero-order valence-electron chi connectivity index (χ0n) is 18.3. The number of rotatable bonds is 4. The summed E-state index contributed by atoms with van der Waals surface area (Å²) in [7, 11) is 1.42. The zero-order chi connectivity index (χ0) is 25.7. The number of fused-ring (bicyclic) bond motifs is 1. The van der Waals surface area contributed by atoms with Gasteiger partial charge in [-0.15, -0.1) is 0 Å². The summed E-state index contributed by atoms with van der Waals surface area (Å²) < 4.78 is 33.0. The van der Waals surface area contributed by atoms with Crippen LogP contribution in [0.15, 0.2) is 60.2 Å². The summed E-state index contributed by atoms with van der Waals surface area (Å²) in [5.41, 5.74) is 0.240. The predicted molar refractivity (Wildman–Crippen MR) is 130 cm³/mol. The number of thiazole rings is 1. The Balaban J connectivity index is 1.75. The lowest BCUT2D eigenvalue weighted by atomic mass is 9.95. The van der Waals surface area contributed by atoms with E-state index in [0.717, 1.165) is 28.4 Å². The molecule has 0 spiro atoms. The lowest BCUT2D eigenvalue weighted by Crippen LogP contribution is -2.29. The molecule has 1 aliphatic rings. The van der Waals surface area contributed by atoms with Crippen molar-refractivity contribution in [1.29, 1.82) is 0 Å². The first-order valence-electron chi connectivity index (χ1n) is 10.4. The molecule has 1 unspecified atom stereocenters. The number of carbonyl (C=O) groups is 2. The van der Waals surface area contributed by atoms with E-state index in [2.05, 4.69) is 4.98 Å². The minimum Gasteiger partial charge on any atom is -0.508 e. The van der Waals surface area contributed by atoms with Gasteiger partial charge in [0, 0.05) is 11.6 Å². The third-order valence-corrected chi connectivity index (χ3v) is 7.05. The fourth-order valence-corrected chi connectivity index (χ4v) is 5.18. The Kier molecular flexibility index (Phi) is 5.85. The number of phenolic OH excluding ortho intramolecular Hbond substituents is 1. The summed E-state index contributed by atoms with van der Waals surface area (Å²) in [5.74, 6) is -4.46. The van der Waals surface area contributed by atoms with Gasteiger partial charge in [-0.05, 0) is 42.0 Å². The standard InChI is InChI=1S/C25H15ClF2N2O5S/c1-35-13-6-7-15(26)14(8-13)22(32)20-21(11-2-4-12(31)5-3-11)30(24(34)23(20)33)25-29-18-9-16(27)17(28)10-19(18)36-25/h2-10,21,31-32H,1H3/b22-20+. The number of ether oxygens (including phenoxy) is 1. The second kappa shape index (κ2) is 8.89. The molecule has 1 fully saturated rings. The third kappa shape index (κ3) is 3.84. The molecular weight excluding hydrogens is 514 g/mol. The average molecular weight is 529 g/mol. The number of carbonyl (C=O) groups excluding carboxylic acids is 2. The number of phenols is 1. The number of anilines is 1. The van der Waals surface area contributed by atoms with Crippen LogP contribution in [0.25, 0.3) is 16.0 Å². The molecule has 36 heavy (non-hydrogen) atoms. The summed E-state index contributed by atoms with van der Waals surface area (Å²) in [4.78, 5) is 31.8. The lowest BCUT2D eigenvalue weighted by molar-refractivity contribution is -0.132. The number of aliphatic hydroxyl groups is 1. The minimum absolute atomic E-state index is 0.00837. The number of ketones is 1. The van der Waals surface area contributed by atoms with Crippen molar-refractivity contribution < 1.29 is 33.3 Å². The van der Waals surface area contributed by atoms with Crippen LogP contribution in [-0.2, 0) is 9.59 Å². The van der Waals surface area contributed by atoms with E-state index in [1.165, 1.54) is 43.5 Å². The van der Waals surface area contributed by atoms with Crippen LogP contribution >= 0.6 is 22.9 Å². The molecule has 0 saturated carbocycles. The average Bonchev–Trinajstić information content (AvgIpc) is 3.37. The Hall–Kier alpha value is -4.02. The maximum Gasteiger partial charge on any atom is 0.301 e.